The molecular weight excluding hydrogens is 467 g/mol. The Morgan fingerprint density at radius 1 is 1.06 bits per heavy atom. The van der Waals surface area contributed by atoms with E-state index in [-0.39, 0.29) is 17.5 Å². The summed E-state index contributed by atoms with van der Waals surface area (Å²) in [6.07, 6.45) is 3.23. The van der Waals surface area contributed by atoms with Gasteiger partial charge in [0.05, 0.1) is 4.88 Å². The van der Waals surface area contributed by atoms with Crippen LogP contribution < -0.4 is 20.1 Å². The van der Waals surface area contributed by atoms with Gasteiger partial charge in [-0.05, 0) is 60.2 Å². The molecular formula is C27H25FN2O4S. The lowest BCUT2D eigenvalue weighted by atomic mass is 10.1. The molecule has 4 aromatic rings. The highest BCUT2D eigenvalue weighted by Gasteiger charge is 2.17. The second kappa shape index (κ2) is 11.5. The fraction of sp³-hybridized carbons (Fsp3) is 0.148. The molecule has 0 saturated heterocycles. The van der Waals surface area contributed by atoms with Crippen LogP contribution in [0.15, 0.2) is 78.9 Å². The number of thiophene rings is 1. The monoisotopic (exact) mass is 492 g/mol. The van der Waals surface area contributed by atoms with Gasteiger partial charge in [-0.2, -0.15) is 0 Å². The van der Waals surface area contributed by atoms with Gasteiger partial charge in [-0.25, -0.2) is 4.39 Å². The first-order valence-corrected chi connectivity index (χ1v) is 11.9. The molecule has 35 heavy (non-hydrogen) atoms. The van der Waals surface area contributed by atoms with Gasteiger partial charge in [0.15, 0.2) is 5.75 Å². The van der Waals surface area contributed by atoms with Gasteiger partial charge >= 0.3 is 0 Å². The van der Waals surface area contributed by atoms with Crippen LogP contribution in [0.25, 0.3) is 20.5 Å². The lowest BCUT2D eigenvalue weighted by Gasteiger charge is -2.10. The van der Waals surface area contributed by atoms with E-state index in [2.05, 4.69) is 10.6 Å². The van der Waals surface area contributed by atoms with Gasteiger partial charge in [0.25, 0.3) is 0 Å². The number of hydrogen-bond donors (Lipinski definition) is 3. The van der Waals surface area contributed by atoms with Crippen molar-refractivity contribution in [3.63, 3.8) is 0 Å². The first kappa shape index (κ1) is 24.3. The Balaban J connectivity index is 1.42. The minimum atomic E-state index is -0.305. The fourth-order valence-corrected chi connectivity index (χ4v) is 4.52. The normalized spacial score (nSPS) is 11.1. The van der Waals surface area contributed by atoms with Crippen molar-refractivity contribution < 1.29 is 23.8 Å². The molecule has 0 bridgehead atoms. The summed E-state index contributed by atoms with van der Waals surface area (Å²) >= 11 is 1.48. The molecule has 0 radical (unpaired) electrons. The van der Waals surface area contributed by atoms with Crippen molar-refractivity contribution in [2.24, 2.45) is 0 Å². The summed E-state index contributed by atoms with van der Waals surface area (Å²) in [5.74, 6) is 1.73. The molecule has 0 fully saturated rings. The molecule has 6 nitrogen and oxygen atoms in total. The second-order valence-electron chi connectivity index (χ2n) is 7.59. The van der Waals surface area contributed by atoms with Gasteiger partial charge in [0.2, 0.25) is 5.91 Å². The van der Waals surface area contributed by atoms with E-state index in [0.717, 1.165) is 20.5 Å². The Morgan fingerprint density at radius 3 is 2.54 bits per heavy atom. The number of ether oxygens (including phenoxy) is 2. The Hall–Kier alpha value is -3.88. The van der Waals surface area contributed by atoms with Gasteiger partial charge in [0.1, 0.15) is 29.7 Å². The molecule has 1 aromatic heterocycles. The van der Waals surface area contributed by atoms with Crippen molar-refractivity contribution in [3.8, 4) is 33.4 Å². The maximum Gasteiger partial charge on any atom is 0.243 e. The maximum atomic E-state index is 13.5. The third kappa shape index (κ3) is 6.38. The molecule has 0 saturated carbocycles. The van der Waals surface area contributed by atoms with Gasteiger partial charge in [-0.3, -0.25) is 4.79 Å². The van der Waals surface area contributed by atoms with Crippen LogP contribution in [0.3, 0.4) is 0 Å². The van der Waals surface area contributed by atoms with E-state index in [4.69, 9.17) is 9.47 Å². The van der Waals surface area contributed by atoms with Crippen molar-refractivity contribution in [3.05, 3.63) is 84.7 Å². The van der Waals surface area contributed by atoms with Crippen LogP contribution in [-0.4, -0.2) is 37.8 Å². The molecule has 1 amide bonds. The number of rotatable bonds is 10. The highest BCUT2D eigenvalue weighted by Crippen LogP contribution is 2.47. The van der Waals surface area contributed by atoms with E-state index >= 15 is 0 Å². The molecule has 4 rings (SSSR count). The summed E-state index contributed by atoms with van der Waals surface area (Å²) in [5, 5.41) is 16.4. The van der Waals surface area contributed by atoms with E-state index in [1.807, 2.05) is 30.3 Å². The standard InChI is InChI=1S/C27H25FN2O4S/c1-29-25(32)3-2-14-30-15-16-33-21-9-11-22(12-10-21)34-26-23-13-8-20(31)17-24(23)35-27(26)18-4-6-19(28)7-5-18/h2-13,17,30-31H,14-16H2,1H3,(H,29,32)/b3-2+. The molecule has 0 aliphatic heterocycles. The SMILES string of the molecule is CNC(=O)/C=C/CNCCOc1ccc(Oc2c(-c3ccc(F)cc3)sc3cc(O)ccc23)cc1. The molecule has 3 N–H and O–H groups in total. The predicted molar refractivity (Wildman–Crippen MR) is 137 cm³/mol. The second-order valence-corrected chi connectivity index (χ2v) is 8.64. The number of phenols is 1. The Morgan fingerprint density at radius 2 is 1.80 bits per heavy atom. The van der Waals surface area contributed by atoms with E-state index in [1.165, 1.54) is 29.5 Å². The number of hydrogen-bond acceptors (Lipinski definition) is 6. The van der Waals surface area contributed by atoms with Gasteiger partial charge in [0, 0.05) is 36.3 Å². The van der Waals surface area contributed by atoms with Crippen molar-refractivity contribution >= 4 is 27.3 Å². The van der Waals surface area contributed by atoms with E-state index in [1.54, 1.807) is 37.4 Å². The predicted octanol–water partition coefficient (Wildman–Crippen LogP) is 5.48. The van der Waals surface area contributed by atoms with Gasteiger partial charge in [-0.1, -0.05) is 18.2 Å². The molecule has 8 heteroatoms. The van der Waals surface area contributed by atoms with Crippen molar-refractivity contribution in [2.75, 3.05) is 26.7 Å². The molecule has 0 unspecified atom stereocenters. The average Bonchev–Trinajstić information content (AvgIpc) is 3.21. The average molecular weight is 493 g/mol. The summed E-state index contributed by atoms with van der Waals surface area (Å²) < 4.78 is 26.3. The van der Waals surface area contributed by atoms with Crippen LogP contribution in [0.4, 0.5) is 4.39 Å². The van der Waals surface area contributed by atoms with Gasteiger partial charge in [-0.15, -0.1) is 11.3 Å². The van der Waals surface area contributed by atoms with Crippen LogP contribution in [0.2, 0.25) is 0 Å². The smallest absolute Gasteiger partial charge is 0.243 e. The summed E-state index contributed by atoms with van der Waals surface area (Å²) in [6, 6.07) is 18.7. The number of aromatic hydroxyl groups is 1. The Labute approximate surface area is 206 Å². The summed E-state index contributed by atoms with van der Waals surface area (Å²) in [4.78, 5) is 12.0. The lowest BCUT2D eigenvalue weighted by molar-refractivity contribution is -0.116. The third-order valence-electron chi connectivity index (χ3n) is 5.10. The van der Waals surface area contributed by atoms with Crippen LogP contribution in [0, 0.1) is 5.82 Å². The molecule has 1 heterocycles. The summed E-state index contributed by atoms with van der Waals surface area (Å²) in [7, 11) is 1.59. The highest BCUT2D eigenvalue weighted by atomic mass is 32.1. The highest BCUT2D eigenvalue weighted by molar-refractivity contribution is 7.22. The number of phenolic OH excluding ortho intramolecular Hbond substituents is 1. The van der Waals surface area contributed by atoms with E-state index in [9.17, 15) is 14.3 Å². The number of halogens is 1. The number of carbonyl (C=O) groups excluding carboxylic acids is 1. The minimum absolute atomic E-state index is 0.135. The lowest BCUT2D eigenvalue weighted by Crippen LogP contribution is -2.21. The van der Waals surface area contributed by atoms with E-state index < -0.39 is 0 Å². The first-order chi connectivity index (χ1) is 17.0. The minimum Gasteiger partial charge on any atom is -0.508 e. The zero-order valence-electron chi connectivity index (χ0n) is 19.1. The first-order valence-electron chi connectivity index (χ1n) is 11.0. The Bertz CT molecular complexity index is 1320. The molecule has 0 atom stereocenters. The zero-order valence-corrected chi connectivity index (χ0v) is 19.9. The van der Waals surface area contributed by atoms with E-state index in [0.29, 0.717) is 36.9 Å². The molecule has 3 aromatic carbocycles. The number of amides is 1. The van der Waals surface area contributed by atoms with Crippen LogP contribution in [-0.2, 0) is 4.79 Å². The quantitative estimate of drug-likeness (QED) is 0.202. The molecule has 0 aliphatic carbocycles. The number of carbonyl (C=O) groups is 1. The summed E-state index contributed by atoms with van der Waals surface area (Å²) in [6.45, 7) is 1.68. The largest absolute Gasteiger partial charge is 0.508 e. The zero-order chi connectivity index (χ0) is 24.6. The number of nitrogens with one attached hydrogen (secondary N) is 2. The molecule has 180 valence electrons. The van der Waals surface area contributed by atoms with Crippen molar-refractivity contribution in [1.82, 2.24) is 10.6 Å². The number of benzene rings is 3. The fourth-order valence-electron chi connectivity index (χ4n) is 3.35. The third-order valence-corrected chi connectivity index (χ3v) is 6.29. The molecule has 0 spiro atoms. The maximum absolute atomic E-state index is 13.5. The summed E-state index contributed by atoms with van der Waals surface area (Å²) in [5.41, 5.74) is 0.833. The van der Waals surface area contributed by atoms with Crippen LogP contribution in [0.1, 0.15) is 0 Å². The van der Waals surface area contributed by atoms with Gasteiger partial charge < -0.3 is 25.2 Å². The Kier molecular flexibility index (Phi) is 7.97. The van der Waals surface area contributed by atoms with Crippen LogP contribution in [0.5, 0.6) is 23.0 Å². The topological polar surface area (TPSA) is 79.8 Å². The number of likely N-dealkylation sites (N-methyl/N-ethyl adjacent to an activating group) is 1. The molecule has 0 aliphatic rings. The van der Waals surface area contributed by atoms with Crippen molar-refractivity contribution in [1.29, 1.82) is 0 Å². The van der Waals surface area contributed by atoms with Crippen molar-refractivity contribution in [2.45, 2.75) is 0 Å². The number of fused-ring (bicyclic) bond motifs is 1. The van der Waals surface area contributed by atoms with Crippen LogP contribution >= 0.6 is 11.3 Å².